The number of rotatable bonds is 8. The number of nitrogens with one attached hydrogen (secondary N) is 1. The molecule has 0 aromatic heterocycles. The van der Waals surface area contributed by atoms with E-state index in [2.05, 4.69) is 58.2 Å². The van der Waals surface area contributed by atoms with E-state index in [1.54, 1.807) is 30.4 Å². The molecule has 0 spiro atoms. The van der Waals surface area contributed by atoms with Crippen LogP contribution < -0.4 is 10.1 Å². The lowest BCUT2D eigenvalue weighted by Gasteiger charge is -2.15. The fourth-order valence-corrected chi connectivity index (χ4v) is 4.77. The molecule has 0 fully saturated rings. The number of anilines is 1. The van der Waals surface area contributed by atoms with Crippen LogP contribution >= 0.6 is 27.5 Å². The van der Waals surface area contributed by atoms with Gasteiger partial charge in [0.1, 0.15) is 24.0 Å². The van der Waals surface area contributed by atoms with Crippen LogP contribution in [-0.4, -0.2) is 5.91 Å². The molecule has 0 saturated carbocycles. The smallest absolute Gasteiger partial charge is 0.266 e. The van der Waals surface area contributed by atoms with Gasteiger partial charge < -0.3 is 10.1 Å². The van der Waals surface area contributed by atoms with E-state index < -0.39 is 5.91 Å². The normalized spacial score (nSPS) is 11.1. The highest BCUT2D eigenvalue weighted by Crippen LogP contribution is 2.33. The zero-order valence-corrected chi connectivity index (χ0v) is 22.6. The van der Waals surface area contributed by atoms with Crippen LogP contribution in [0.15, 0.2) is 95.5 Å². The Labute approximate surface area is 230 Å². The summed E-state index contributed by atoms with van der Waals surface area (Å²) in [5, 5.41) is 15.3. The summed E-state index contributed by atoms with van der Waals surface area (Å²) in [7, 11) is 0. The van der Waals surface area contributed by atoms with Crippen LogP contribution in [0.3, 0.4) is 0 Å². The summed E-state index contributed by atoms with van der Waals surface area (Å²) < 4.78 is 6.94. The van der Waals surface area contributed by atoms with Crippen molar-refractivity contribution in [3.05, 3.63) is 123 Å². The van der Waals surface area contributed by atoms with Crippen LogP contribution in [0.4, 0.5) is 5.69 Å². The van der Waals surface area contributed by atoms with Crippen LogP contribution in [-0.2, 0) is 17.8 Å². The van der Waals surface area contributed by atoms with Crippen LogP contribution in [0.1, 0.15) is 22.3 Å². The first-order valence-corrected chi connectivity index (χ1v) is 12.8. The SMILES string of the molecule is C=CCc1cc(/C=C(/C#N)C(=O)Nc2cccc(Cl)c2C)cc(Br)c1OCc1ccc2ccccc2c1. The molecule has 4 nitrogen and oxygen atoms in total. The third-order valence-electron chi connectivity index (χ3n) is 5.90. The van der Waals surface area contributed by atoms with Crippen LogP contribution in [0.5, 0.6) is 5.75 Å². The lowest BCUT2D eigenvalue weighted by Crippen LogP contribution is -2.14. The van der Waals surface area contributed by atoms with E-state index in [0.717, 1.165) is 26.5 Å². The summed E-state index contributed by atoms with van der Waals surface area (Å²) >= 11 is 9.77. The average molecular weight is 572 g/mol. The number of allylic oxidation sites excluding steroid dienone is 1. The highest BCUT2D eigenvalue weighted by molar-refractivity contribution is 9.10. The lowest BCUT2D eigenvalue weighted by atomic mass is 10.0. The number of benzene rings is 4. The third kappa shape index (κ3) is 6.29. The van der Waals surface area contributed by atoms with Crippen molar-refractivity contribution in [2.45, 2.75) is 20.0 Å². The second-order valence-electron chi connectivity index (χ2n) is 8.49. The number of nitrogens with zero attached hydrogens (tertiary/aromatic N) is 1. The number of halogens is 2. The van der Waals surface area contributed by atoms with Crippen LogP contribution in [0.2, 0.25) is 5.02 Å². The Balaban J connectivity index is 1.58. The van der Waals surface area contributed by atoms with Crippen LogP contribution in [0, 0.1) is 18.3 Å². The minimum atomic E-state index is -0.508. The molecule has 0 atom stereocenters. The van der Waals surface area contributed by atoms with Gasteiger partial charge in [0.2, 0.25) is 0 Å². The van der Waals surface area contributed by atoms with E-state index in [9.17, 15) is 10.1 Å². The van der Waals surface area contributed by atoms with E-state index >= 15 is 0 Å². The first-order valence-electron chi connectivity index (χ1n) is 11.6. The maximum atomic E-state index is 12.8. The molecule has 0 aliphatic rings. The molecule has 1 amide bonds. The highest BCUT2D eigenvalue weighted by atomic mass is 79.9. The summed E-state index contributed by atoms with van der Waals surface area (Å²) in [5.74, 6) is 0.189. The minimum Gasteiger partial charge on any atom is -0.487 e. The van der Waals surface area contributed by atoms with Gasteiger partial charge in [-0.3, -0.25) is 4.79 Å². The molecular formula is C31H24BrClN2O2. The summed E-state index contributed by atoms with van der Waals surface area (Å²) in [6.07, 6.45) is 3.90. The Morgan fingerprint density at radius 1 is 1.11 bits per heavy atom. The largest absolute Gasteiger partial charge is 0.487 e. The van der Waals surface area contributed by atoms with Gasteiger partial charge in [-0.1, -0.05) is 60.1 Å². The first-order chi connectivity index (χ1) is 17.9. The Morgan fingerprint density at radius 2 is 1.89 bits per heavy atom. The fourth-order valence-electron chi connectivity index (χ4n) is 3.96. The van der Waals surface area contributed by atoms with Crippen LogP contribution in [0.25, 0.3) is 16.8 Å². The van der Waals surface area contributed by atoms with Gasteiger partial charge in [0.25, 0.3) is 5.91 Å². The zero-order valence-electron chi connectivity index (χ0n) is 20.2. The van der Waals surface area contributed by atoms with Gasteiger partial charge in [0.15, 0.2) is 0 Å². The minimum absolute atomic E-state index is 0.0272. The van der Waals surface area contributed by atoms with Gasteiger partial charge in [-0.25, -0.2) is 0 Å². The molecule has 0 heterocycles. The molecule has 1 N–H and O–H groups in total. The van der Waals surface area contributed by atoms with E-state index in [4.69, 9.17) is 16.3 Å². The monoisotopic (exact) mass is 570 g/mol. The van der Waals surface area contributed by atoms with Crippen molar-refractivity contribution in [2.75, 3.05) is 5.32 Å². The van der Waals surface area contributed by atoms with Crippen molar-refractivity contribution in [3.8, 4) is 11.8 Å². The summed E-state index contributed by atoms with van der Waals surface area (Å²) in [4.78, 5) is 12.8. The third-order valence-corrected chi connectivity index (χ3v) is 6.89. The quantitative estimate of drug-likeness (QED) is 0.131. The van der Waals surface area contributed by atoms with Gasteiger partial charge in [0.05, 0.1) is 4.47 Å². The molecule has 0 aliphatic heterocycles. The van der Waals surface area contributed by atoms with Gasteiger partial charge in [-0.05, 0) is 98.7 Å². The van der Waals surface area contributed by atoms with Gasteiger partial charge in [-0.15, -0.1) is 6.58 Å². The van der Waals surface area contributed by atoms with Crippen molar-refractivity contribution in [3.63, 3.8) is 0 Å². The van der Waals surface area contributed by atoms with E-state index in [-0.39, 0.29) is 5.57 Å². The molecule has 0 bridgehead atoms. The number of carbonyl (C=O) groups is 1. The second kappa shape index (κ2) is 11.9. The topological polar surface area (TPSA) is 62.1 Å². The number of ether oxygens (including phenoxy) is 1. The van der Waals surface area contributed by atoms with Crippen molar-refractivity contribution >= 4 is 56.0 Å². The van der Waals surface area contributed by atoms with Crippen molar-refractivity contribution in [2.24, 2.45) is 0 Å². The fraction of sp³-hybridized carbons (Fsp3) is 0.0968. The Kier molecular flexibility index (Phi) is 8.45. The van der Waals surface area contributed by atoms with Crippen molar-refractivity contribution in [1.29, 1.82) is 5.26 Å². The number of carbonyl (C=O) groups excluding carboxylic acids is 1. The molecule has 4 aromatic rings. The van der Waals surface area contributed by atoms with Gasteiger partial charge in [-0.2, -0.15) is 5.26 Å². The Morgan fingerprint density at radius 3 is 2.65 bits per heavy atom. The number of amides is 1. The molecule has 37 heavy (non-hydrogen) atoms. The molecule has 6 heteroatoms. The predicted octanol–water partition coefficient (Wildman–Crippen LogP) is 8.42. The van der Waals surface area contributed by atoms with E-state index in [1.165, 1.54) is 5.39 Å². The van der Waals surface area contributed by atoms with E-state index in [1.807, 2.05) is 37.3 Å². The highest BCUT2D eigenvalue weighted by Gasteiger charge is 2.15. The Bertz CT molecular complexity index is 1570. The molecule has 0 saturated heterocycles. The Hall–Kier alpha value is -3.85. The first kappa shape index (κ1) is 26.2. The predicted molar refractivity (Wildman–Crippen MR) is 155 cm³/mol. The maximum Gasteiger partial charge on any atom is 0.266 e. The van der Waals surface area contributed by atoms with Crippen molar-refractivity contribution < 1.29 is 9.53 Å². The second-order valence-corrected chi connectivity index (χ2v) is 9.75. The molecule has 4 rings (SSSR count). The summed E-state index contributed by atoms with van der Waals surface area (Å²) in [6.45, 7) is 6.07. The summed E-state index contributed by atoms with van der Waals surface area (Å²) in [5.41, 5.74) is 3.90. The maximum absolute atomic E-state index is 12.8. The molecule has 0 unspecified atom stereocenters. The average Bonchev–Trinajstić information content (AvgIpc) is 2.89. The molecule has 0 radical (unpaired) electrons. The summed E-state index contributed by atoms with van der Waals surface area (Å²) in [6, 6.07) is 25.4. The zero-order chi connectivity index (χ0) is 26.4. The number of hydrogen-bond donors (Lipinski definition) is 1. The van der Waals surface area contributed by atoms with E-state index in [0.29, 0.717) is 35.1 Å². The molecular weight excluding hydrogens is 548 g/mol. The van der Waals surface area contributed by atoms with Gasteiger partial charge >= 0.3 is 0 Å². The number of hydrogen-bond acceptors (Lipinski definition) is 3. The standard InChI is InChI=1S/C31H24BrClN2O2/c1-3-7-25-15-22(16-26(18-34)31(36)35-29-11-6-10-28(33)20(29)2)17-27(32)30(25)37-19-21-12-13-23-8-4-5-9-24(23)14-21/h3-6,8-17H,1,7,19H2,2H3,(H,35,36)/b26-16-. The molecule has 0 aliphatic carbocycles. The van der Waals surface area contributed by atoms with Gasteiger partial charge in [0, 0.05) is 10.7 Å². The molecule has 184 valence electrons. The lowest BCUT2D eigenvalue weighted by molar-refractivity contribution is -0.112. The van der Waals surface area contributed by atoms with Crippen molar-refractivity contribution in [1.82, 2.24) is 0 Å². The number of fused-ring (bicyclic) bond motifs is 1. The number of nitriles is 1. The molecule has 4 aromatic carbocycles.